The molecule has 0 fully saturated rings. The van der Waals surface area contributed by atoms with Crippen LogP contribution < -0.4 is 4.18 Å². The first-order chi connectivity index (χ1) is 4.79. The maximum Gasteiger partial charge on any atom is 1.00 e. The fourth-order valence-corrected chi connectivity index (χ4v) is 0.861. The summed E-state index contributed by atoms with van der Waals surface area (Å²) in [7, 11) is -2.78. The Morgan fingerprint density at radius 3 is 2.30 bits per heavy atom. The molecule has 0 N–H and O–H groups in total. The number of thiol groups is 1. The van der Waals surface area contributed by atoms with E-state index in [2.05, 4.69) is 4.18 Å². The molecule has 1 rings (SSSR count). The number of hydrogen-bond donors (Lipinski definition) is 1. The van der Waals surface area contributed by atoms with Crippen molar-refractivity contribution in [2.75, 3.05) is 0 Å². The topological polar surface area (TPSA) is 43.4 Å². The lowest BCUT2D eigenvalue weighted by Crippen LogP contribution is -1.88. The summed E-state index contributed by atoms with van der Waals surface area (Å²) < 4.78 is 24.3. The van der Waals surface area contributed by atoms with Crippen molar-refractivity contribution in [3.63, 3.8) is 0 Å². The molecule has 0 saturated carbocycles. The largest absolute Gasteiger partial charge is 1.00 e. The highest BCUT2D eigenvalue weighted by Gasteiger charge is 1.88. The first kappa shape index (κ1) is 7.08. The van der Waals surface area contributed by atoms with Crippen LogP contribution in [0.2, 0.25) is 0 Å². The summed E-state index contributed by atoms with van der Waals surface area (Å²) in [5.41, 5.74) is 0. The zero-order valence-electron chi connectivity index (χ0n) is 6.06. The standard InChI is InChI=1S/C6H6O3S/c7-10(8)9-6-4-2-1-3-5-6/h1-5,10H/p+1. The molecule has 1 aromatic carbocycles. The summed E-state index contributed by atoms with van der Waals surface area (Å²) in [5.74, 6) is 0.346. The zero-order valence-corrected chi connectivity index (χ0v) is 5.95. The van der Waals surface area contributed by atoms with Crippen molar-refractivity contribution in [2.45, 2.75) is 0 Å². The molecule has 0 aromatic heterocycles. The van der Waals surface area contributed by atoms with Crippen LogP contribution in [0.1, 0.15) is 1.43 Å². The van der Waals surface area contributed by atoms with Gasteiger partial charge in [0.2, 0.25) is 0 Å². The van der Waals surface area contributed by atoms with Gasteiger partial charge in [-0.25, -0.2) is 0 Å². The average molecular weight is 159 g/mol. The molecular formula is C6H7O3S+. The molecule has 0 amide bonds. The number of benzene rings is 1. The van der Waals surface area contributed by atoms with Crippen molar-refractivity contribution in [1.29, 1.82) is 0 Å². The van der Waals surface area contributed by atoms with Crippen LogP contribution in [0, 0.1) is 0 Å². The predicted molar refractivity (Wildman–Crippen MR) is 38.5 cm³/mol. The fraction of sp³-hybridized carbons (Fsp3) is 0. The lowest BCUT2D eigenvalue weighted by molar-refractivity contribution is 0.510. The third-order valence-corrected chi connectivity index (χ3v) is 1.28. The summed E-state index contributed by atoms with van der Waals surface area (Å²) in [6.45, 7) is 0. The van der Waals surface area contributed by atoms with Crippen molar-refractivity contribution in [2.24, 2.45) is 0 Å². The molecular weight excluding hydrogens is 152 g/mol. The van der Waals surface area contributed by atoms with Crippen molar-refractivity contribution < 1.29 is 14.0 Å². The third-order valence-electron chi connectivity index (χ3n) is 0.923. The van der Waals surface area contributed by atoms with Gasteiger partial charge in [0, 0.05) is 0 Å². The van der Waals surface area contributed by atoms with E-state index in [1.165, 1.54) is 0 Å². The first-order valence-electron chi connectivity index (χ1n) is 2.66. The number of rotatable bonds is 2. The van der Waals surface area contributed by atoms with Crippen LogP contribution in [0.15, 0.2) is 30.3 Å². The molecule has 1 aromatic rings. The van der Waals surface area contributed by atoms with E-state index >= 15 is 0 Å². The van der Waals surface area contributed by atoms with Gasteiger partial charge in [-0.3, -0.25) is 0 Å². The van der Waals surface area contributed by atoms with Gasteiger partial charge in [0.05, 0.1) is 0 Å². The van der Waals surface area contributed by atoms with E-state index in [1.807, 2.05) is 0 Å². The Kier molecular flexibility index (Phi) is 2.28. The highest BCUT2D eigenvalue weighted by atomic mass is 32.2. The minimum Gasteiger partial charge on any atom is -0.384 e. The fourth-order valence-electron chi connectivity index (χ4n) is 0.567. The highest BCUT2D eigenvalue weighted by Crippen LogP contribution is 2.07. The Morgan fingerprint density at radius 2 is 1.80 bits per heavy atom. The smallest absolute Gasteiger partial charge is 0.384 e. The van der Waals surface area contributed by atoms with Crippen LogP contribution in [0.3, 0.4) is 0 Å². The van der Waals surface area contributed by atoms with Crippen molar-refractivity contribution in [3.05, 3.63) is 30.3 Å². The SMILES string of the molecule is O=[SH](=O)Oc1ccccc1.[H+]. The summed E-state index contributed by atoms with van der Waals surface area (Å²) >= 11 is 0. The molecule has 0 heterocycles. The van der Waals surface area contributed by atoms with E-state index < -0.39 is 11.0 Å². The summed E-state index contributed by atoms with van der Waals surface area (Å²) in [5, 5.41) is 0. The van der Waals surface area contributed by atoms with Crippen LogP contribution in [0.5, 0.6) is 5.75 Å². The molecule has 10 heavy (non-hydrogen) atoms. The van der Waals surface area contributed by atoms with Crippen molar-refractivity contribution in [1.82, 2.24) is 0 Å². The van der Waals surface area contributed by atoms with Crippen LogP contribution in [-0.2, 0) is 11.0 Å². The molecule has 54 valence electrons. The molecule has 0 saturated heterocycles. The number of para-hydroxylation sites is 1. The predicted octanol–water partition coefficient (Wildman–Crippen LogP) is 0.704. The number of hydrogen-bond acceptors (Lipinski definition) is 3. The van der Waals surface area contributed by atoms with E-state index in [1.54, 1.807) is 30.3 Å². The summed E-state index contributed by atoms with van der Waals surface area (Å²) in [6, 6.07) is 8.34. The van der Waals surface area contributed by atoms with Gasteiger partial charge in [-0.15, -0.1) is 0 Å². The van der Waals surface area contributed by atoms with Gasteiger partial charge in [0.1, 0.15) is 5.75 Å². The molecule has 0 unspecified atom stereocenters. The zero-order chi connectivity index (χ0) is 7.40. The molecule has 0 radical (unpaired) electrons. The monoisotopic (exact) mass is 159 g/mol. The Balaban J connectivity index is 0.000001000. The maximum atomic E-state index is 9.98. The minimum atomic E-state index is -2.78. The molecule has 0 atom stereocenters. The van der Waals surface area contributed by atoms with Crippen molar-refractivity contribution >= 4 is 11.0 Å². The van der Waals surface area contributed by atoms with Gasteiger partial charge < -0.3 is 4.18 Å². The Labute approximate surface area is 61.9 Å². The Morgan fingerprint density at radius 1 is 1.20 bits per heavy atom. The van der Waals surface area contributed by atoms with Gasteiger partial charge in [-0.1, -0.05) is 18.2 Å². The van der Waals surface area contributed by atoms with E-state index in [0.717, 1.165) is 0 Å². The Bertz CT molecular complexity index is 262. The molecule has 0 aliphatic carbocycles. The maximum absolute atomic E-state index is 9.98. The highest BCUT2D eigenvalue weighted by molar-refractivity contribution is 7.67. The summed E-state index contributed by atoms with van der Waals surface area (Å²) in [6.07, 6.45) is 0. The van der Waals surface area contributed by atoms with Gasteiger partial charge in [0.15, 0.2) is 0 Å². The molecule has 0 bridgehead atoms. The van der Waals surface area contributed by atoms with E-state index in [-0.39, 0.29) is 1.43 Å². The molecule has 0 aliphatic rings. The first-order valence-corrected chi connectivity index (χ1v) is 3.76. The Hall–Kier alpha value is -1.03. The minimum absolute atomic E-state index is 0. The van der Waals surface area contributed by atoms with E-state index in [0.29, 0.717) is 5.75 Å². The third kappa shape index (κ3) is 2.06. The van der Waals surface area contributed by atoms with Gasteiger partial charge in [-0.05, 0) is 12.1 Å². The van der Waals surface area contributed by atoms with Gasteiger partial charge in [-0.2, -0.15) is 8.42 Å². The lowest BCUT2D eigenvalue weighted by atomic mass is 10.3. The molecule has 4 heteroatoms. The van der Waals surface area contributed by atoms with E-state index in [9.17, 15) is 8.42 Å². The van der Waals surface area contributed by atoms with E-state index in [4.69, 9.17) is 0 Å². The van der Waals surface area contributed by atoms with Crippen LogP contribution in [0.4, 0.5) is 0 Å². The molecule has 0 aliphatic heterocycles. The molecule has 3 nitrogen and oxygen atoms in total. The van der Waals surface area contributed by atoms with Crippen LogP contribution in [-0.4, -0.2) is 8.42 Å². The summed E-state index contributed by atoms with van der Waals surface area (Å²) in [4.78, 5) is 0. The van der Waals surface area contributed by atoms with Crippen molar-refractivity contribution in [3.8, 4) is 5.75 Å². The van der Waals surface area contributed by atoms with Gasteiger partial charge in [0.25, 0.3) is 11.0 Å². The van der Waals surface area contributed by atoms with Gasteiger partial charge >= 0.3 is 1.43 Å². The second-order valence-corrected chi connectivity index (χ2v) is 2.26. The normalized spacial score (nSPS) is 9.70. The quantitative estimate of drug-likeness (QED) is 0.646. The average Bonchev–Trinajstić information content (AvgIpc) is 1.88. The second kappa shape index (κ2) is 3.22. The lowest BCUT2D eigenvalue weighted by Gasteiger charge is -1.93. The molecule has 0 spiro atoms. The second-order valence-electron chi connectivity index (χ2n) is 1.63. The van der Waals surface area contributed by atoms with Crippen LogP contribution >= 0.6 is 0 Å². The van der Waals surface area contributed by atoms with Crippen LogP contribution in [0.25, 0.3) is 0 Å².